The van der Waals surface area contributed by atoms with E-state index in [1.165, 1.54) is 4.90 Å². The van der Waals surface area contributed by atoms with Crippen molar-refractivity contribution in [3.05, 3.63) is 59.9 Å². The molecule has 172 valence electrons. The molecule has 33 heavy (non-hydrogen) atoms. The number of ether oxygens (including phenoxy) is 1. The summed E-state index contributed by atoms with van der Waals surface area (Å²) >= 11 is 0. The molecule has 2 aromatic heterocycles. The van der Waals surface area contributed by atoms with Gasteiger partial charge in [0, 0.05) is 42.9 Å². The molecule has 2 saturated heterocycles. The predicted molar refractivity (Wildman–Crippen MR) is 121 cm³/mol. The number of amides is 1. The van der Waals surface area contributed by atoms with E-state index in [0.29, 0.717) is 28.3 Å². The minimum absolute atomic E-state index is 0.156. The van der Waals surface area contributed by atoms with Gasteiger partial charge in [0.15, 0.2) is 5.82 Å². The number of hydrogen-bond donors (Lipinski definition) is 2. The highest BCUT2D eigenvalue weighted by Gasteiger charge is 2.40. The van der Waals surface area contributed by atoms with E-state index in [1.807, 2.05) is 12.1 Å². The first-order valence-corrected chi connectivity index (χ1v) is 11.1. The van der Waals surface area contributed by atoms with Gasteiger partial charge in [-0.2, -0.15) is 5.10 Å². The summed E-state index contributed by atoms with van der Waals surface area (Å²) in [5, 5.41) is 9.77. The number of pyridine rings is 1. The Bertz CT molecular complexity index is 1140. The van der Waals surface area contributed by atoms with Crippen LogP contribution in [0.4, 0.5) is 20.3 Å². The first kappa shape index (κ1) is 21.5. The van der Waals surface area contributed by atoms with E-state index in [-0.39, 0.29) is 24.5 Å². The number of H-pyrrole nitrogens is 1. The van der Waals surface area contributed by atoms with E-state index in [0.717, 1.165) is 25.0 Å². The van der Waals surface area contributed by atoms with Crippen LogP contribution in [0.2, 0.25) is 0 Å². The maximum atomic E-state index is 13.9. The zero-order chi connectivity index (χ0) is 23.1. The summed E-state index contributed by atoms with van der Waals surface area (Å²) in [6, 6.07) is 10.8. The van der Waals surface area contributed by atoms with Crippen LogP contribution in [0, 0.1) is 0 Å². The number of nitrogens with zero attached hydrogens (tertiary/aromatic N) is 3. The lowest BCUT2D eigenvalue weighted by Crippen LogP contribution is -2.40. The third-order valence-electron chi connectivity index (χ3n) is 6.56. The van der Waals surface area contributed by atoms with Gasteiger partial charge in [-0.05, 0) is 36.2 Å². The molecular formula is C24H25F2N5O2. The van der Waals surface area contributed by atoms with E-state index in [9.17, 15) is 13.6 Å². The topological polar surface area (TPSA) is 83.1 Å². The van der Waals surface area contributed by atoms with Crippen LogP contribution in [-0.2, 0) is 10.3 Å². The highest BCUT2D eigenvalue weighted by Crippen LogP contribution is 2.41. The van der Waals surface area contributed by atoms with Crippen molar-refractivity contribution in [1.82, 2.24) is 15.2 Å². The van der Waals surface area contributed by atoms with E-state index in [4.69, 9.17) is 4.74 Å². The number of anilines is 2. The van der Waals surface area contributed by atoms with E-state index >= 15 is 0 Å². The first-order valence-electron chi connectivity index (χ1n) is 11.1. The van der Waals surface area contributed by atoms with Gasteiger partial charge in [0.1, 0.15) is 0 Å². The molecule has 2 N–H and O–H groups in total. The fraction of sp³-hybridized carbons (Fsp3) is 0.375. The van der Waals surface area contributed by atoms with Gasteiger partial charge in [-0.1, -0.05) is 19.1 Å². The average Bonchev–Trinajstić information content (AvgIpc) is 3.43. The fourth-order valence-corrected chi connectivity index (χ4v) is 4.53. The monoisotopic (exact) mass is 453 g/mol. The van der Waals surface area contributed by atoms with Crippen LogP contribution in [-0.4, -0.2) is 46.7 Å². The second-order valence-corrected chi connectivity index (χ2v) is 8.53. The Hall–Kier alpha value is -3.33. The Balaban J connectivity index is 1.46. The van der Waals surface area contributed by atoms with Gasteiger partial charge < -0.3 is 15.0 Å². The fourth-order valence-electron chi connectivity index (χ4n) is 4.53. The number of halogens is 2. The summed E-state index contributed by atoms with van der Waals surface area (Å²) in [7, 11) is 0. The second kappa shape index (κ2) is 8.22. The number of carbonyl (C=O) groups is 1. The standard InChI is InChI=1S/C24H25F2N5O2/c1-2-23(10-14-33-23)17-5-3-16(4-6-17)22(32)29-20-18(19-8-12-28-30-19)7-11-27-21(20)31-13-9-24(25,26)15-31/h3-8,11-12H,2,9-10,13-15H2,1H3,(H,28,30)(H,29,32). The number of carbonyl (C=O) groups excluding carboxylic acids is 1. The molecule has 1 unspecified atom stereocenters. The molecule has 4 heterocycles. The Morgan fingerprint density at radius 2 is 1.97 bits per heavy atom. The van der Waals surface area contributed by atoms with Crippen LogP contribution in [0.25, 0.3) is 11.3 Å². The Kier molecular flexibility index (Phi) is 5.36. The number of alkyl halides is 2. The molecule has 5 rings (SSSR count). The molecule has 2 fully saturated rings. The lowest BCUT2D eigenvalue weighted by molar-refractivity contribution is -0.156. The van der Waals surface area contributed by atoms with E-state index in [2.05, 4.69) is 27.4 Å². The van der Waals surface area contributed by atoms with Gasteiger partial charge in [0.2, 0.25) is 0 Å². The molecule has 0 spiro atoms. The van der Waals surface area contributed by atoms with Crippen molar-refractivity contribution in [2.45, 2.75) is 37.7 Å². The molecule has 1 amide bonds. The third kappa shape index (κ3) is 3.97. The van der Waals surface area contributed by atoms with E-state index < -0.39 is 12.5 Å². The van der Waals surface area contributed by atoms with Crippen molar-refractivity contribution in [2.75, 3.05) is 29.9 Å². The summed E-state index contributed by atoms with van der Waals surface area (Å²) in [5.74, 6) is -2.82. The number of hydrogen-bond acceptors (Lipinski definition) is 5. The lowest BCUT2D eigenvalue weighted by Gasteiger charge is -2.41. The Labute approximate surface area is 190 Å². The first-order chi connectivity index (χ1) is 15.9. The molecule has 7 nitrogen and oxygen atoms in total. The van der Waals surface area contributed by atoms with Gasteiger partial charge in [-0.3, -0.25) is 9.89 Å². The molecule has 0 aliphatic carbocycles. The van der Waals surface area contributed by atoms with Crippen LogP contribution < -0.4 is 10.2 Å². The van der Waals surface area contributed by atoms with Crippen molar-refractivity contribution in [3.63, 3.8) is 0 Å². The van der Waals surface area contributed by atoms with Crippen LogP contribution in [0.1, 0.15) is 42.1 Å². The second-order valence-electron chi connectivity index (χ2n) is 8.53. The minimum Gasteiger partial charge on any atom is -0.370 e. The van der Waals surface area contributed by atoms with Crippen molar-refractivity contribution in [3.8, 4) is 11.3 Å². The Morgan fingerprint density at radius 3 is 2.55 bits per heavy atom. The summed E-state index contributed by atoms with van der Waals surface area (Å²) < 4.78 is 33.7. The van der Waals surface area contributed by atoms with Crippen LogP contribution in [0.3, 0.4) is 0 Å². The number of aromatic nitrogens is 3. The van der Waals surface area contributed by atoms with Crippen molar-refractivity contribution in [1.29, 1.82) is 0 Å². The van der Waals surface area contributed by atoms with Crippen LogP contribution >= 0.6 is 0 Å². The van der Waals surface area contributed by atoms with Gasteiger partial charge in [0.25, 0.3) is 11.8 Å². The summed E-state index contributed by atoms with van der Waals surface area (Å²) in [5.41, 5.74) is 2.91. The normalized spacial score (nSPS) is 21.6. The molecule has 0 bridgehead atoms. The number of nitrogens with one attached hydrogen (secondary N) is 2. The van der Waals surface area contributed by atoms with Gasteiger partial charge >= 0.3 is 0 Å². The van der Waals surface area contributed by atoms with E-state index in [1.54, 1.807) is 36.7 Å². The van der Waals surface area contributed by atoms with Crippen molar-refractivity contribution < 1.29 is 18.3 Å². The molecule has 1 atom stereocenters. The van der Waals surface area contributed by atoms with Gasteiger partial charge in [-0.15, -0.1) is 0 Å². The number of rotatable bonds is 6. The van der Waals surface area contributed by atoms with Crippen LogP contribution in [0.5, 0.6) is 0 Å². The predicted octanol–water partition coefficient (Wildman–Crippen LogP) is 4.60. The highest BCUT2D eigenvalue weighted by molar-refractivity contribution is 6.08. The zero-order valence-corrected chi connectivity index (χ0v) is 18.3. The molecule has 0 radical (unpaired) electrons. The molecule has 9 heteroatoms. The minimum atomic E-state index is -2.79. The molecular weight excluding hydrogens is 428 g/mol. The molecule has 3 aromatic rings. The molecule has 2 aliphatic heterocycles. The third-order valence-corrected chi connectivity index (χ3v) is 6.56. The maximum Gasteiger partial charge on any atom is 0.266 e. The average molecular weight is 453 g/mol. The highest BCUT2D eigenvalue weighted by atomic mass is 19.3. The smallest absolute Gasteiger partial charge is 0.266 e. The molecule has 0 saturated carbocycles. The number of aromatic amines is 1. The van der Waals surface area contributed by atoms with Crippen molar-refractivity contribution in [2.24, 2.45) is 0 Å². The zero-order valence-electron chi connectivity index (χ0n) is 18.3. The summed E-state index contributed by atoms with van der Waals surface area (Å²) in [6.07, 6.45) is 4.72. The lowest BCUT2D eigenvalue weighted by atomic mass is 9.84. The van der Waals surface area contributed by atoms with Crippen LogP contribution in [0.15, 0.2) is 48.8 Å². The quantitative estimate of drug-likeness (QED) is 0.570. The van der Waals surface area contributed by atoms with Crippen molar-refractivity contribution >= 4 is 17.4 Å². The summed E-state index contributed by atoms with van der Waals surface area (Å²) in [6.45, 7) is 2.54. The molecule has 2 aliphatic rings. The Morgan fingerprint density at radius 1 is 1.18 bits per heavy atom. The summed E-state index contributed by atoms with van der Waals surface area (Å²) in [4.78, 5) is 19.0. The molecule has 1 aromatic carbocycles. The number of benzene rings is 1. The van der Waals surface area contributed by atoms with Gasteiger partial charge in [0.05, 0.1) is 30.1 Å². The maximum absolute atomic E-state index is 13.9. The largest absolute Gasteiger partial charge is 0.370 e. The SMILES string of the molecule is CCC1(c2ccc(C(=O)Nc3c(-c4ccn[nH]4)ccnc3N3CCC(F)(F)C3)cc2)CCO1. The van der Waals surface area contributed by atoms with Gasteiger partial charge in [-0.25, -0.2) is 13.8 Å².